The number of hydrogen-bond acceptors (Lipinski definition) is 3. The quantitative estimate of drug-likeness (QED) is 0.429. The smallest absolute Gasteiger partial charge is 0.306 e. The minimum absolute atomic E-state index is 0.0618. The van der Waals surface area contributed by atoms with Gasteiger partial charge in [0.25, 0.3) is 0 Å². The minimum Gasteiger partial charge on any atom is -0.459 e. The third-order valence-corrected chi connectivity index (χ3v) is 1.85. The zero-order valence-corrected chi connectivity index (χ0v) is 5.00. The van der Waals surface area contributed by atoms with E-state index in [1.807, 2.05) is 0 Å². The van der Waals surface area contributed by atoms with Gasteiger partial charge in [-0.2, -0.15) is 0 Å². The zero-order chi connectivity index (χ0) is 6.27. The first-order valence-corrected chi connectivity index (χ1v) is 3.13. The van der Waals surface area contributed by atoms with Gasteiger partial charge in [0.15, 0.2) is 0 Å². The average molecular weight is 128 g/mol. The monoisotopic (exact) mass is 128 g/mol. The molecule has 2 atom stereocenters. The van der Waals surface area contributed by atoms with Crippen molar-refractivity contribution in [1.29, 1.82) is 0 Å². The molecule has 50 valence electrons. The van der Waals surface area contributed by atoms with Gasteiger partial charge < -0.3 is 9.47 Å². The van der Waals surface area contributed by atoms with E-state index in [1.165, 1.54) is 0 Å². The lowest BCUT2D eigenvalue weighted by Gasteiger charge is -2.01. The predicted molar refractivity (Wildman–Crippen MR) is 28.8 cm³/mol. The number of carbonyl (C=O) groups excluding carboxylic acids is 1. The second-order valence-corrected chi connectivity index (χ2v) is 2.53. The lowest BCUT2D eigenvalue weighted by Crippen LogP contribution is -2.12. The Labute approximate surface area is 52.9 Å². The van der Waals surface area contributed by atoms with Crippen LogP contribution in [0.5, 0.6) is 0 Å². The molecule has 3 heteroatoms. The molecule has 0 N–H and O–H groups in total. The van der Waals surface area contributed by atoms with Crippen molar-refractivity contribution < 1.29 is 14.3 Å². The van der Waals surface area contributed by atoms with E-state index in [4.69, 9.17) is 9.47 Å². The van der Waals surface area contributed by atoms with E-state index in [-0.39, 0.29) is 12.1 Å². The topological polar surface area (TPSA) is 35.5 Å². The Hall–Kier alpha value is -0.570. The Morgan fingerprint density at radius 2 is 2.33 bits per heavy atom. The molecule has 0 spiro atoms. The maximum absolute atomic E-state index is 10.6. The third kappa shape index (κ3) is 0.721. The molecular formula is C6H8O3. The average Bonchev–Trinajstić information content (AvgIpc) is 2.22. The standard InChI is InChI=1S/C6H8O3/c7-6-1-4-2-8-3-5(4)9-6/h4-5H,1-3H2/t4-,5+/m0/s1. The number of esters is 1. The van der Waals surface area contributed by atoms with Gasteiger partial charge in [-0.15, -0.1) is 0 Å². The Morgan fingerprint density at radius 1 is 1.44 bits per heavy atom. The highest BCUT2D eigenvalue weighted by molar-refractivity contribution is 5.72. The summed E-state index contributed by atoms with van der Waals surface area (Å²) in [6.45, 7) is 1.31. The normalized spacial score (nSPS) is 40.7. The fourth-order valence-corrected chi connectivity index (χ4v) is 1.33. The number of hydrogen-bond donors (Lipinski definition) is 0. The number of fused-ring (bicyclic) bond motifs is 1. The molecular weight excluding hydrogens is 120 g/mol. The van der Waals surface area contributed by atoms with Crippen molar-refractivity contribution in [1.82, 2.24) is 0 Å². The van der Waals surface area contributed by atoms with E-state index in [9.17, 15) is 4.79 Å². The molecule has 2 heterocycles. The largest absolute Gasteiger partial charge is 0.459 e. The van der Waals surface area contributed by atoms with E-state index in [0.717, 1.165) is 0 Å². The van der Waals surface area contributed by atoms with Gasteiger partial charge in [-0.1, -0.05) is 0 Å². The summed E-state index contributed by atoms with van der Waals surface area (Å²) in [7, 11) is 0. The predicted octanol–water partition coefficient (Wildman–Crippen LogP) is -0.0517. The van der Waals surface area contributed by atoms with Crippen molar-refractivity contribution in [2.24, 2.45) is 5.92 Å². The lowest BCUT2D eigenvalue weighted by molar-refractivity contribution is -0.142. The first-order valence-electron chi connectivity index (χ1n) is 3.13. The maximum atomic E-state index is 10.6. The first-order chi connectivity index (χ1) is 4.36. The van der Waals surface area contributed by atoms with Crippen LogP contribution in [0.25, 0.3) is 0 Å². The molecule has 2 fully saturated rings. The van der Waals surface area contributed by atoms with E-state index >= 15 is 0 Å². The van der Waals surface area contributed by atoms with Gasteiger partial charge in [0, 0.05) is 5.92 Å². The second kappa shape index (κ2) is 1.70. The number of carbonyl (C=O) groups is 1. The van der Waals surface area contributed by atoms with Crippen LogP contribution >= 0.6 is 0 Å². The summed E-state index contributed by atoms with van der Waals surface area (Å²) in [6, 6.07) is 0. The molecule has 2 aliphatic heterocycles. The van der Waals surface area contributed by atoms with Crippen molar-refractivity contribution in [2.75, 3.05) is 13.2 Å². The van der Waals surface area contributed by atoms with E-state index in [0.29, 0.717) is 25.6 Å². The number of rotatable bonds is 0. The Balaban J connectivity index is 2.09. The van der Waals surface area contributed by atoms with Crippen LogP contribution in [0.4, 0.5) is 0 Å². The highest BCUT2D eigenvalue weighted by Gasteiger charge is 2.38. The maximum Gasteiger partial charge on any atom is 0.306 e. The number of ether oxygens (including phenoxy) is 2. The molecule has 2 rings (SSSR count). The summed E-state index contributed by atoms with van der Waals surface area (Å²) in [5.41, 5.74) is 0. The zero-order valence-electron chi connectivity index (χ0n) is 5.00. The van der Waals surface area contributed by atoms with Crippen LogP contribution < -0.4 is 0 Å². The van der Waals surface area contributed by atoms with Gasteiger partial charge in [0.05, 0.1) is 19.6 Å². The van der Waals surface area contributed by atoms with E-state index in [1.54, 1.807) is 0 Å². The van der Waals surface area contributed by atoms with Crippen LogP contribution in [0.1, 0.15) is 6.42 Å². The fourth-order valence-electron chi connectivity index (χ4n) is 1.33. The van der Waals surface area contributed by atoms with Crippen molar-refractivity contribution in [2.45, 2.75) is 12.5 Å². The van der Waals surface area contributed by atoms with Crippen LogP contribution in [-0.4, -0.2) is 25.3 Å². The van der Waals surface area contributed by atoms with Gasteiger partial charge in [-0.3, -0.25) is 4.79 Å². The Morgan fingerprint density at radius 3 is 3.11 bits per heavy atom. The third-order valence-electron chi connectivity index (χ3n) is 1.85. The Kier molecular flexibility index (Phi) is 0.990. The highest BCUT2D eigenvalue weighted by Crippen LogP contribution is 2.27. The molecule has 9 heavy (non-hydrogen) atoms. The molecule has 0 aromatic heterocycles. The van der Waals surface area contributed by atoms with Crippen molar-refractivity contribution in [3.8, 4) is 0 Å². The molecule has 0 amide bonds. The molecule has 2 aliphatic rings. The molecule has 0 radical (unpaired) electrons. The molecule has 2 saturated heterocycles. The van der Waals surface area contributed by atoms with Gasteiger partial charge in [-0.05, 0) is 0 Å². The lowest BCUT2D eigenvalue weighted by atomic mass is 10.1. The molecule has 0 aromatic carbocycles. The van der Waals surface area contributed by atoms with Crippen molar-refractivity contribution >= 4 is 5.97 Å². The summed E-state index contributed by atoms with van der Waals surface area (Å²) in [6.07, 6.45) is 0.641. The van der Waals surface area contributed by atoms with Crippen LogP contribution in [0.15, 0.2) is 0 Å². The molecule has 3 nitrogen and oxygen atoms in total. The molecule has 0 bridgehead atoms. The van der Waals surface area contributed by atoms with Gasteiger partial charge in [0.2, 0.25) is 0 Å². The summed E-state index contributed by atoms with van der Waals surface area (Å²) in [4.78, 5) is 10.6. The van der Waals surface area contributed by atoms with Gasteiger partial charge in [-0.25, -0.2) is 0 Å². The van der Waals surface area contributed by atoms with E-state index < -0.39 is 0 Å². The fraction of sp³-hybridized carbons (Fsp3) is 0.833. The Bertz CT molecular complexity index is 129. The van der Waals surface area contributed by atoms with Crippen LogP contribution in [0.3, 0.4) is 0 Å². The van der Waals surface area contributed by atoms with Gasteiger partial charge in [0.1, 0.15) is 6.10 Å². The minimum atomic E-state index is -0.0618. The van der Waals surface area contributed by atoms with Gasteiger partial charge >= 0.3 is 5.97 Å². The van der Waals surface area contributed by atoms with Crippen LogP contribution in [-0.2, 0) is 14.3 Å². The van der Waals surface area contributed by atoms with Crippen LogP contribution in [0.2, 0.25) is 0 Å². The van der Waals surface area contributed by atoms with Crippen LogP contribution in [0, 0.1) is 5.92 Å². The SMILES string of the molecule is O=C1C[C@H]2COC[C@H]2O1. The summed E-state index contributed by atoms with van der Waals surface area (Å²) in [5.74, 6) is 0.297. The van der Waals surface area contributed by atoms with E-state index in [2.05, 4.69) is 0 Å². The second-order valence-electron chi connectivity index (χ2n) is 2.53. The molecule has 0 unspecified atom stereocenters. The highest BCUT2D eigenvalue weighted by atomic mass is 16.6. The molecule has 0 saturated carbocycles. The van der Waals surface area contributed by atoms with Crippen molar-refractivity contribution in [3.63, 3.8) is 0 Å². The molecule has 0 aromatic rings. The van der Waals surface area contributed by atoms with Crippen molar-refractivity contribution in [3.05, 3.63) is 0 Å². The first kappa shape index (κ1) is 5.23. The summed E-state index contributed by atoms with van der Waals surface area (Å²) in [5, 5.41) is 0. The summed E-state index contributed by atoms with van der Waals surface area (Å²) < 4.78 is 10.0. The molecule has 0 aliphatic carbocycles. The summed E-state index contributed by atoms with van der Waals surface area (Å²) >= 11 is 0.